The Labute approximate surface area is 165 Å². The molecule has 0 aromatic heterocycles. The van der Waals surface area contributed by atoms with Gasteiger partial charge in [0.25, 0.3) is 0 Å². The number of nitrogens with one attached hydrogen (secondary N) is 1. The van der Waals surface area contributed by atoms with E-state index in [1.807, 2.05) is 6.92 Å². The minimum Gasteiger partial charge on any atom is -0.394 e. The molecule has 0 spiro atoms. The van der Waals surface area contributed by atoms with Gasteiger partial charge in [-0.05, 0) is 40.8 Å². The number of aliphatic hydroxyl groups is 2. The SMILES string of the molecule is CC(CO)(CO)NCc1c2ccccc2cc2cccc(N3CCOCC3)c12. The highest BCUT2D eigenvalue weighted by Crippen LogP contribution is 2.35. The Hall–Kier alpha value is -2.18. The highest BCUT2D eigenvalue weighted by atomic mass is 16.5. The van der Waals surface area contributed by atoms with Crippen molar-refractivity contribution in [3.05, 3.63) is 54.1 Å². The molecule has 5 heteroatoms. The van der Waals surface area contributed by atoms with Crippen molar-refractivity contribution in [3.8, 4) is 0 Å². The standard InChI is InChI=1S/C23H28N2O3/c1-23(15-26,16-27)24-14-20-19-7-3-2-5-17(19)13-18-6-4-8-21(22(18)20)25-9-11-28-12-10-25/h2-8,13,24,26-27H,9-12,14-16H2,1H3. The molecule has 1 fully saturated rings. The summed E-state index contributed by atoms with van der Waals surface area (Å²) in [4.78, 5) is 2.39. The lowest BCUT2D eigenvalue weighted by molar-refractivity contribution is 0.103. The smallest absolute Gasteiger partial charge is 0.0642 e. The van der Waals surface area contributed by atoms with Crippen molar-refractivity contribution in [2.75, 3.05) is 44.4 Å². The predicted molar refractivity (Wildman–Crippen MR) is 114 cm³/mol. The lowest BCUT2D eigenvalue weighted by atomic mass is 9.94. The molecule has 0 bridgehead atoms. The molecule has 0 unspecified atom stereocenters. The molecule has 0 aliphatic carbocycles. The fourth-order valence-corrected chi connectivity index (χ4v) is 3.92. The van der Waals surface area contributed by atoms with Crippen LogP contribution < -0.4 is 10.2 Å². The summed E-state index contributed by atoms with van der Waals surface area (Å²) in [6.45, 7) is 5.40. The van der Waals surface area contributed by atoms with Crippen LogP contribution in [0.25, 0.3) is 21.5 Å². The van der Waals surface area contributed by atoms with E-state index in [2.05, 4.69) is 58.7 Å². The Morgan fingerprint density at radius 3 is 2.46 bits per heavy atom. The van der Waals surface area contributed by atoms with Gasteiger partial charge in [-0.3, -0.25) is 0 Å². The van der Waals surface area contributed by atoms with Gasteiger partial charge in [-0.15, -0.1) is 0 Å². The number of aliphatic hydroxyl groups excluding tert-OH is 2. The molecule has 3 aromatic rings. The van der Waals surface area contributed by atoms with E-state index in [1.165, 1.54) is 32.8 Å². The van der Waals surface area contributed by atoms with Crippen molar-refractivity contribution in [3.63, 3.8) is 0 Å². The number of anilines is 1. The van der Waals surface area contributed by atoms with E-state index in [-0.39, 0.29) is 13.2 Å². The van der Waals surface area contributed by atoms with Crippen LogP contribution in [0.4, 0.5) is 5.69 Å². The molecule has 28 heavy (non-hydrogen) atoms. The first-order valence-electron chi connectivity index (χ1n) is 9.88. The lowest BCUT2D eigenvalue weighted by Gasteiger charge is -2.31. The summed E-state index contributed by atoms with van der Waals surface area (Å²) in [7, 11) is 0. The maximum atomic E-state index is 9.70. The molecule has 3 N–H and O–H groups in total. The zero-order chi connectivity index (χ0) is 19.6. The highest BCUT2D eigenvalue weighted by molar-refractivity contribution is 6.07. The van der Waals surface area contributed by atoms with Gasteiger partial charge in [0, 0.05) is 30.7 Å². The van der Waals surface area contributed by atoms with E-state index in [0.717, 1.165) is 26.3 Å². The van der Waals surface area contributed by atoms with Gasteiger partial charge >= 0.3 is 0 Å². The van der Waals surface area contributed by atoms with Crippen LogP contribution in [0.2, 0.25) is 0 Å². The Bertz CT molecular complexity index is 963. The van der Waals surface area contributed by atoms with E-state index in [4.69, 9.17) is 4.74 Å². The number of fused-ring (bicyclic) bond motifs is 2. The largest absolute Gasteiger partial charge is 0.394 e. The maximum Gasteiger partial charge on any atom is 0.0642 e. The summed E-state index contributed by atoms with van der Waals surface area (Å²) in [6.07, 6.45) is 0. The molecule has 1 heterocycles. The fourth-order valence-electron chi connectivity index (χ4n) is 3.92. The molecule has 0 amide bonds. The Morgan fingerprint density at radius 1 is 1.00 bits per heavy atom. The van der Waals surface area contributed by atoms with Gasteiger partial charge in [0.15, 0.2) is 0 Å². The number of nitrogens with zero attached hydrogens (tertiary/aromatic N) is 1. The van der Waals surface area contributed by atoms with Gasteiger partial charge in [-0.25, -0.2) is 0 Å². The molecule has 0 radical (unpaired) electrons. The second-order valence-corrected chi connectivity index (χ2v) is 7.78. The minimum atomic E-state index is -0.725. The number of rotatable bonds is 6. The van der Waals surface area contributed by atoms with Crippen LogP contribution in [0.1, 0.15) is 12.5 Å². The maximum absolute atomic E-state index is 9.70. The van der Waals surface area contributed by atoms with E-state index in [1.54, 1.807) is 0 Å². The summed E-state index contributed by atoms with van der Waals surface area (Å²) in [5.41, 5.74) is 1.69. The summed E-state index contributed by atoms with van der Waals surface area (Å²) < 4.78 is 5.55. The van der Waals surface area contributed by atoms with Crippen LogP contribution in [0.5, 0.6) is 0 Å². The van der Waals surface area contributed by atoms with Gasteiger partial charge in [0.2, 0.25) is 0 Å². The van der Waals surface area contributed by atoms with Gasteiger partial charge in [0.1, 0.15) is 0 Å². The van der Waals surface area contributed by atoms with Crippen LogP contribution in [0.3, 0.4) is 0 Å². The fraction of sp³-hybridized carbons (Fsp3) is 0.391. The number of hydrogen-bond acceptors (Lipinski definition) is 5. The van der Waals surface area contributed by atoms with Crippen molar-refractivity contribution < 1.29 is 14.9 Å². The monoisotopic (exact) mass is 380 g/mol. The molecule has 4 rings (SSSR count). The molecule has 148 valence electrons. The highest BCUT2D eigenvalue weighted by Gasteiger charge is 2.23. The van der Waals surface area contributed by atoms with Crippen molar-refractivity contribution in [2.24, 2.45) is 0 Å². The minimum absolute atomic E-state index is 0.123. The number of ether oxygens (including phenoxy) is 1. The molecule has 1 aliphatic heterocycles. The number of benzene rings is 3. The molecular formula is C23H28N2O3. The van der Waals surface area contributed by atoms with Crippen LogP contribution in [-0.2, 0) is 11.3 Å². The third-order valence-corrected chi connectivity index (χ3v) is 5.72. The van der Waals surface area contributed by atoms with Gasteiger partial charge in [-0.1, -0.05) is 36.4 Å². The van der Waals surface area contributed by atoms with Crippen molar-refractivity contribution in [1.29, 1.82) is 0 Å². The lowest BCUT2D eigenvalue weighted by Crippen LogP contribution is -2.48. The van der Waals surface area contributed by atoms with Crippen molar-refractivity contribution >= 4 is 27.2 Å². The first-order valence-corrected chi connectivity index (χ1v) is 9.88. The zero-order valence-electron chi connectivity index (χ0n) is 16.3. The van der Waals surface area contributed by atoms with E-state index < -0.39 is 5.54 Å². The van der Waals surface area contributed by atoms with E-state index in [0.29, 0.717) is 6.54 Å². The van der Waals surface area contributed by atoms with Crippen LogP contribution in [0.15, 0.2) is 48.5 Å². The summed E-state index contributed by atoms with van der Waals surface area (Å²) >= 11 is 0. The average Bonchev–Trinajstić information content (AvgIpc) is 2.76. The average molecular weight is 380 g/mol. The molecule has 3 aromatic carbocycles. The second-order valence-electron chi connectivity index (χ2n) is 7.78. The Balaban J connectivity index is 1.89. The Morgan fingerprint density at radius 2 is 1.71 bits per heavy atom. The number of morpholine rings is 1. The predicted octanol–water partition coefficient (Wildman–Crippen LogP) is 2.66. The first kappa shape index (κ1) is 19.2. The molecular weight excluding hydrogens is 352 g/mol. The molecule has 0 saturated carbocycles. The van der Waals surface area contributed by atoms with Gasteiger partial charge in [0.05, 0.1) is 32.0 Å². The normalized spacial score (nSPS) is 15.5. The van der Waals surface area contributed by atoms with Crippen LogP contribution in [-0.4, -0.2) is 55.3 Å². The third kappa shape index (κ3) is 3.59. The number of hydrogen-bond donors (Lipinski definition) is 3. The molecule has 5 nitrogen and oxygen atoms in total. The van der Waals surface area contributed by atoms with E-state index >= 15 is 0 Å². The summed E-state index contributed by atoms with van der Waals surface area (Å²) in [5, 5.41) is 27.6. The second kappa shape index (κ2) is 8.05. The van der Waals surface area contributed by atoms with Crippen LogP contribution >= 0.6 is 0 Å². The van der Waals surface area contributed by atoms with Gasteiger partial charge in [-0.2, -0.15) is 0 Å². The van der Waals surface area contributed by atoms with Crippen molar-refractivity contribution in [2.45, 2.75) is 19.0 Å². The van der Waals surface area contributed by atoms with Gasteiger partial charge < -0.3 is 25.2 Å². The van der Waals surface area contributed by atoms with E-state index in [9.17, 15) is 10.2 Å². The molecule has 1 saturated heterocycles. The topological polar surface area (TPSA) is 65.0 Å². The van der Waals surface area contributed by atoms with Crippen LogP contribution in [0, 0.1) is 0 Å². The molecule has 1 aliphatic rings. The quantitative estimate of drug-likeness (QED) is 0.574. The zero-order valence-corrected chi connectivity index (χ0v) is 16.3. The summed E-state index contributed by atoms with van der Waals surface area (Å²) in [6, 6.07) is 17.1. The first-order chi connectivity index (χ1) is 13.6. The third-order valence-electron chi connectivity index (χ3n) is 5.72. The van der Waals surface area contributed by atoms with Crippen molar-refractivity contribution in [1.82, 2.24) is 5.32 Å². The molecule has 0 atom stereocenters. The summed E-state index contributed by atoms with van der Waals surface area (Å²) in [5.74, 6) is 0. The Kier molecular flexibility index (Phi) is 5.51.